The third-order valence-corrected chi connectivity index (χ3v) is 4.57. The third kappa shape index (κ3) is 3.17. The SMILES string of the molecule is COc1ccc(-n2nc(O)c(-c3ccccc3)c2-c2ccc(C)cc2)cc1. The lowest BCUT2D eigenvalue weighted by Crippen LogP contribution is -1.99. The Morgan fingerprint density at radius 1 is 0.815 bits per heavy atom. The van der Waals surface area contributed by atoms with Gasteiger partial charge in [-0.1, -0.05) is 60.2 Å². The van der Waals surface area contributed by atoms with E-state index in [2.05, 4.69) is 36.3 Å². The van der Waals surface area contributed by atoms with Crippen LogP contribution in [0.1, 0.15) is 5.56 Å². The Kier molecular flexibility index (Phi) is 4.38. The normalized spacial score (nSPS) is 10.7. The van der Waals surface area contributed by atoms with Crippen LogP contribution in [0.25, 0.3) is 28.1 Å². The molecule has 1 heterocycles. The highest BCUT2D eigenvalue weighted by Crippen LogP contribution is 2.40. The first kappa shape index (κ1) is 16.9. The molecule has 1 N–H and O–H groups in total. The molecular weight excluding hydrogens is 336 g/mol. The van der Waals surface area contributed by atoms with Crippen LogP contribution in [0, 0.1) is 6.92 Å². The molecule has 0 radical (unpaired) electrons. The minimum Gasteiger partial charge on any atom is -0.497 e. The summed E-state index contributed by atoms with van der Waals surface area (Å²) in [6, 6.07) is 25.7. The van der Waals surface area contributed by atoms with Crippen molar-refractivity contribution in [3.63, 3.8) is 0 Å². The summed E-state index contributed by atoms with van der Waals surface area (Å²) in [5.41, 5.74) is 5.51. The van der Waals surface area contributed by atoms with E-state index in [4.69, 9.17) is 4.74 Å². The van der Waals surface area contributed by atoms with Crippen LogP contribution >= 0.6 is 0 Å². The highest BCUT2D eigenvalue weighted by molar-refractivity contribution is 5.85. The molecule has 3 aromatic carbocycles. The van der Waals surface area contributed by atoms with Gasteiger partial charge in [0.05, 0.1) is 24.1 Å². The summed E-state index contributed by atoms with van der Waals surface area (Å²) in [7, 11) is 1.64. The molecule has 134 valence electrons. The molecule has 0 bridgehead atoms. The minimum atomic E-state index is 0.00703. The van der Waals surface area contributed by atoms with Gasteiger partial charge in [-0.05, 0) is 36.8 Å². The lowest BCUT2D eigenvalue weighted by molar-refractivity contribution is 0.414. The van der Waals surface area contributed by atoms with E-state index in [1.807, 2.05) is 54.6 Å². The summed E-state index contributed by atoms with van der Waals surface area (Å²) in [6.07, 6.45) is 0. The Labute approximate surface area is 158 Å². The molecule has 0 spiro atoms. The van der Waals surface area contributed by atoms with Crippen molar-refractivity contribution < 1.29 is 9.84 Å². The molecule has 0 saturated heterocycles. The molecule has 4 nitrogen and oxygen atoms in total. The summed E-state index contributed by atoms with van der Waals surface area (Å²) in [5.74, 6) is 0.780. The van der Waals surface area contributed by atoms with Crippen LogP contribution < -0.4 is 4.74 Å². The quantitative estimate of drug-likeness (QED) is 0.545. The fourth-order valence-electron chi connectivity index (χ4n) is 3.17. The van der Waals surface area contributed by atoms with Crippen LogP contribution in [0.5, 0.6) is 11.6 Å². The van der Waals surface area contributed by atoms with Gasteiger partial charge in [0.25, 0.3) is 0 Å². The molecule has 0 aliphatic carbocycles. The molecule has 0 atom stereocenters. The second kappa shape index (κ2) is 7.00. The second-order valence-corrected chi connectivity index (χ2v) is 6.39. The highest BCUT2D eigenvalue weighted by Gasteiger charge is 2.21. The van der Waals surface area contributed by atoms with Crippen molar-refractivity contribution in [2.45, 2.75) is 6.92 Å². The van der Waals surface area contributed by atoms with Crippen LogP contribution in [0.3, 0.4) is 0 Å². The maximum atomic E-state index is 10.7. The molecule has 0 amide bonds. The molecule has 0 unspecified atom stereocenters. The Morgan fingerprint density at radius 2 is 1.48 bits per heavy atom. The number of ether oxygens (including phenoxy) is 1. The smallest absolute Gasteiger partial charge is 0.239 e. The van der Waals surface area contributed by atoms with Crippen molar-refractivity contribution in [2.75, 3.05) is 7.11 Å². The first-order chi connectivity index (χ1) is 13.2. The lowest BCUT2D eigenvalue weighted by Gasteiger charge is -2.11. The van der Waals surface area contributed by atoms with Crippen LogP contribution in [-0.2, 0) is 0 Å². The zero-order chi connectivity index (χ0) is 18.8. The Balaban J connectivity index is 1.97. The van der Waals surface area contributed by atoms with Crippen molar-refractivity contribution in [1.82, 2.24) is 9.78 Å². The van der Waals surface area contributed by atoms with E-state index >= 15 is 0 Å². The largest absolute Gasteiger partial charge is 0.497 e. The van der Waals surface area contributed by atoms with Crippen molar-refractivity contribution in [2.24, 2.45) is 0 Å². The number of aromatic nitrogens is 2. The Bertz CT molecular complexity index is 1050. The number of hydrogen-bond acceptors (Lipinski definition) is 3. The predicted octanol–water partition coefficient (Wildman–Crippen LogP) is 5.23. The van der Waals surface area contributed by atoms with E-state index in [9.17, 15) is 5.11 Å². The summed E-state index contributed by atoms with van der Waals surface area (Å²) in [5, 5.41) is 15.1. The number of rotatable bonds is 4. The van der Waals surface area contributed by atoms with Crippen molar-refractivity contribution in [1.29, 1.82) is 0 Å². The lowest BCUT2D eigenvalue weighted by atomic mass is 10.00. The zero-order valence-corrected chi connectivity index (χ0v) is 15.3. The van der Waals surface area contributed by atoms with Gasteiger partial charge in [-0.3, -0.25) is 0 Å². The molecule has 0 saturated carbocycles. The van der Waals surface area contributed by atoms with E-state index in [1.54, 1.807) is 11.8 Å². The van der Waals surface area contributed by atoms with E-state index in [0.29, 0.717) is 0 Å². The first-order valence-electron chi connectivity index (χ1n) is 8.76. The van der Waals surface area contributed by atoms with Crippen molar-refractivity contribution >= 4 is 0 Å². The fourth-order valence-corrected chi connectivity index (χ4v) is 3.17. The number of hydrogen-bond donors (Lipinski definition) is 1. The summed E-state index contributed by atoms with van der Waals surface area (Å²) in [6.45, 7) is 2.06. The van der Waals surface area contributed by atoms with E-state index in [0.717, 1.165) is 33.8 Å². The Morgan fingerprint density at radius 3 is 2.11 bits per heavy atom. The molecule has 27 heavy (non-hydrogen) atoms. The van der Waals surface area contributed by atoms with Crippen LogP contribution in [-0.4, -0.2) is 22.0 Å². The highest BCUT2D eigenvalue weighted by atomic mass is 16.5. The molecule has 0 fully saturated rings. The fraction of sp³-hybridized carbons (Fsp3) is 0.0870. The third-order valence-electron chi connectivity index (χ3n) is 4.57. The monoisotopic (exact) mass is 356 g/mol. The van der Waals surface area contributed by atoms with Gasteiger partial charge in [-0.2, -0.15) is 0 Å². The average molecular weight is 356 g/mol. The summed E-state index contributed by atoms with van der Waals surface area (Å²) < 4.78 is 7.03. The molecule has 4 heteroatoms. The van der Waals surface area contributed by atoms with Gasteiger partial charge in [0.1, 0.15) is 5.75 Å². The van der Waals surface area contributed by atoms with Crippen LogP contribution in [0.15, 0.2) is 78.9 Å². The number of nitrogens with zero attached hydrogens (tertiary/aromatic N) is 2. The Hall–Kier alpha value is -3.53. The van der Waals surface area contributed by atoms with Gasteiger partial charge in [0.2, 0.25) is 5.88 Å². The van der Waals surface area contributed by atoms with Gasteiger partial charge >= 0.3 is 0 Å². The predicted molar refractivity (Wildman–Crippen MR) is 107 cm³/mol. The molecule has 1 aromatic heterocycles. The second-order valence-electron chi connectivity index (χ2n) is 6.39. The maximum Gasteiger partial charge on any atom is 0.239 e. The average Bonchev–Trinajstić information content (AvgIpc) is 3.06. The topological polar surface area (TPSA) is 47.3 Å². The number of aromatic hydroxyl groups is 1. The molecule has 0 aliphatic heterocycles. The van der Waals surface area contributed by atoms with E-state index < -0.39 is 0 Å². The molecule has 4 rings (SSSR count). The van der Waals surface area contributed by atoms with Gasteiger partial charge in [-0.25, -0.2) is 4.68 Å². The summed E-state index contributed by atoms with van der Waals surface area (Å²) >= 11 is 0. The van der Waals surface area contributed by atoms with Crippen molar-refractivity contribution in [3.05, 3.63) is 84.4 Å². The van der Waals surface area contributed by atoms with E-state index in [1.165, 1.54) is 5.56 Å². The van der Waals surface area contributed by atoms with Crippen LogP contribution in [0.4, 0.5) is 0 Å². The number of aryl methyl sites for hydroxylation is 1. The molecule has 4 aromatic rings. The standard InChI is InChI=1S/C23H20N2O2/c1-16-8-10-18(11-9-16)22-21(17-6-4-3-5-7-17)23(26)24-25(22)19-12-14-20(27-2)15-13-19/h3-15H,1-2H3,(H,24,26). The van der Waals surface area contributed by atoms with Gasteiger partial charge in [-0.15, -0.1) is 5.10 Å². The molecular formula is C23H20N2O2. The number of methoxy groups -OCH3 is 1. The van der Waals surface area contributed by atoms with E-state index in [-0.39, 0.29) is 5.88 Å². The van der Waals surface area contributed by atoms with Gasteiger partial charge in [0, 0.05) is 5.56 Å². The minimum absolute atomic E-state index is 0.00703. The van der Waals surface area contributed by atoms with Crippen molar-refractivity contribution in [3.8, 4) is 39.7 Å². The first-order valence-corrected chi connectivity index (χ1v) is 8.76. The molecule has 0 aliphatic rings. The van der Waals surface area contributed by atoms with Crippen LogP contribution in [0.2, 0.25) is 0 Å². The summed E-state index contributed by atoms with van der Waals surface area (Å²) in [4.78, 5) is 0. The van der Waals surface area contributed by atoms with Gasteiger partial charge in [0.15, 0.2) is 0 Å². The number of benzene rings is 3. The van der Waals surface area contributed by atoms with Gasteiger partial charge < -0.3 is 9.84 Å². The zero-order valence-electron chi connectivity index (χ0n) is 15.3. The maximum absolute atomic E-state index is 10.7.